The highest BCUT2D eigenvalue weighted by atomic mass is 32.1. The van der Waals surface area contributed by atoms with E-state index in [-0.39, 0.29) is 5.11 Å². The second-order valence-electron chi connectivity index (χ2n) is 5.53. The van der Waals surface area contributed by atoms with E-state index in [9.17, 15) is 0 Å². The zero-order chi connectivity index (χ0) is 16.8. The minimum atomic E-state index is 0.119. The van der Waals surface area contributed by atoms with Gasteiger partial charge in [-0.1, -0.05) is 18.2 Å². The van der Waals surface area contributed by atoms with Gasteiger partial charge in [-0.2, -0.15) is 5.10 Å². The number of nitrogens with zero attached hydrogens (tertiary/aromatic N) is 2. The van der Waals surface area contributed by atoms with Gasteiger partial charge >= 0.3 is 0 Å². The van der Waals surface area contributed by atoms with Gasteiger partial charge in [0, 0.05) is 25.2 Å². The first kappa shape index (κ1) is 16.6. The van der Waals surface area contributed by atoms with Crippen LogP contribution in [0.3, 0.4) is 0 Å². The average Bonchev–Trinajstić information content (AvgIpc) is 3.05. The molecule has 1 aliphatic rings. The number of furan rings is 1. The van der Waals surface area contributed by atoms with Crippen LogP contribution in [0.4, 0.5) is 0 Å². The molecule has 1 saturated heterocycles. The minimum Gasteiger partial charge on any atom is -0.455 e. The molecule has 1 aliphatic heterocycles. The predicted octanol–water partition coefficient (Wildman–Crippen LogP) is 1.95. The second-order valence-corrected chi connectivity index (χ2v) is 5.96. The third-order valence-corrected chi connectivity index (χ3v) is 3.81. The molecular formula is C17H20N4O2S. The van der Waals surface area contributed by atoms with E-state index in [1.165, 1.54) is 5.56 Å². The van der Waals surface area contributed by atoms with Crippen LogP contribution in [0.25, 0.3) is 11.3 Å². The van der Waals surface area contributed by atoms with Gasteiger partial charge in [0.05, 0.1) is 19.4 Å². The van der Waals surface area contributed by atoms with Crippen LogP contribution in [0.2, 0.25) is 0 Å². The summed E-state index contributed by atoms with van der Waals surface area (Å²) in [6, 6.07) is 12.2. The van der Waals surface area contributed by atoms with Crippen LogP contribution in [0, 0.1) is 0 Å². The first-order valence-corrected chi connectivity index (χ1v) is 8.19. The van der Waals surface area contributed by atoms with E-state index in [4.69, 9.17) is 14.9 Å². The lowest BCUT2D eigenvalue weighted by atomic mass is 10.1. The van der Waals surface area contributed by atoms with E-state index in [1.807, 2.05) is 18.2 Å². The number of nitrogens with one attached hydrogen (secondary N) is 1. The molecule has 126 valence electrons. The summed E-state index contributed by atoms with van der Waals surface area (Å²) in [6.45, 7) is 4.48. The molecule has 7 heteroatoms. The standard InChI is InChI=1S/C17H20N4O2S/c18-17(24)20-19-11-15-4-5-16(23-15)14-3-1-2-13(10-14)12-21-6-8-22-9-7-21/h1-5,10-11H,6-9,12H2,(H3,18,20,24). The SMILES string of the molecule is NC(=S)NN=Cc1ccc(-c2cccc(CN3CCOCC3)c2)o1. The Bertz CT molecular complexity index is 723. The number of hydrazone groups is 1. The molecule has 2 heterocycles. The molecule has 1 aromatic carbocycles. The zero-order valence-corrected chi connectivity index (χ0v) is 14.1. The third kappa shape index (κ3) is 4.64. The average molecular weight is 344 g/mol. The van der Waals surface area contributed by atoms with E-state index in [0.717, 1.165) is 44.2 Å². The lowest BCUT2D eigenvalue weighted by molar-refractivity contribution is 0.0342. The largest absolute Gasteiger partial charge is 0.455 e. The Labute approximate surface area is 146 Å². The van der Waals surface area contributed by atoms with E-state index >= 15 is 0 Å². The Morgan fingerprint density at radius 1 is 1.29 bits per heavy atom. The summed E-state index contributed by atoms with van der Waals surface area (Å²) in [6.07, 6.45) is 1.54. The number of thiocarbonyl (C=S) groups is 1. The Morgan fingerprint density at radius 2 is 2.12 bits per heavy atom. The van der Waals surface area contributed by atoms with Gasteiger partial charge in [-0.3, -0.25) is 10.3 Å². The van der Waals surface area contributed by atoms with Crippen LogP contribution in [0.5, 0.6) is 0 Å². The minimum absolute atomic E-state index is 0.119. The lowest BCUT2D eigenvalue weighted by Gasteiger charge is -2.26. The van der Waals surface area contributed by atoms with Crippen molar-refractivity contribution >= 4 is 23.5 Å². The van der Waals surface area contributed by atoms with Gasteiger partial charge in [-0.15, -0.1) is 0 Å². The van der Waals surface area contributed by atoms with Crippen LogP contribution in [-0.4, -0.2) is 42.5 Å². The Kier molecular flexibility index (Phi) is 5.58. The van der Waals surface area contributed by atoms with Crippen LogP contribution in [0.1, 0.15) is 11.3 Å². The molecule has 3 rings (SSSR count). The first-order valence-electron chi connectivity index (χ1n) is 7.78. The maximum atomic E-state index is 5.79. The molecule has 1 aromatic heterocycles. The molecule has 0 aliphatic carbocycles. The number of hydrogen-bond acceptors (Lipinski definition) is 5. The van der Waals surface area contributed by atoms with Crippen molar-refractivity contribution in [3.63, 3.8) is 0 Å². The Hall–Kier alpha value is -2.22. The van der Waals surface area contributed by atoms with E-state index < -0.39 is 0 Å². The van der Waals surface area contributed by atoms with Crippen LogP contribution in [-0.2, 0) is 11.3 Å². The van der Waals surface area contributed by atoms with Gasteiger partial charge in [0.15, 0.2) is 5.11 Å². The molecule has 0 amide bonds. The van der Waals surface area contributed by atoms with Crippen molar-refractivity contribution in [2.45, 2.75) is 6.54 Å². The summed E-state index contributed by atoms with van der Waals surface area (Å²) in [5, 5.41) is 4.01. The molecule has 0 unspecified atom stereocenters. The second kappa shape index (κ2) is 8.05. The number of morpholine rings is 1. The van der Waals surface area contributed by atoms with E-state index in [1.54, 1.807) is 6.21 Å². The van der Waals surface area contributed by atoms with Crippen molar-refractivity contribution in [2.75, 3.05) is 26.3 Å². The summed E-state index contributed by atoms with van der Waals surface area (Å²) >= 11 is 4.68. The molecule has 0 bridgehead atoms. The molecule has 0 saturated carbocycles. The van der Waals surface area contributed by atoms with Crippen LogP contribution < -0.4 is 11.2 Å². The van der Waals surface area contributed by atoms with Crippen LogP contribution in [0.15, 0.2) is 45.9 Å². The summed E-state index contributed by atoms with van der Waals surface area (Å²) < 4.78 is 11.2. The highest BCUT2D eigenvalue weighted by Gasteiger charge is 2.11. The topological polar surface area (TPSA) is 76.0 Å². The molecule has 0 atom stereocenters. The number of benzene rings is 1. The van der Waals surface area contributed by atoms with Crippen molar-refractivity contribution in [1.29, 1.82) is 0 Å². The molecule has 3 N–H and O–H groups in total. The number of ether oxygens (including phenoxy) is 1. The molecule has 24 heavy (non-hydrogen) atoms. The quantitative estimate of drug-likeness (QED) is 0.490. The van der Waals surface area contributed by atoms with Gasteiger partial charge in [-0.25, -0.2) is 0 Å². The smallest absolute Gasteiger partial charge is 0.184 e. The molecule has 2 aromatic rings. The summed E-state index contributed by atoms with van der Waals surface area (Å²) in [7, 11) is 0. The van der Waals surface area contributed by atoms with Gasteiger partial charge in [0.2, 0.25) is 0 Å². The lowest BCUT2D eigenvalue weighted by Crippen LogP contribution is -2.35. The maximum Gasteiger partial charge on any atom is 0.184 e. The predicted molar refractivity (Wildman–Crippen MR) is 97.8 cm³/mol. The molecule has 0 radical (unpaired) electrons. The maximum absolute atomic E-state index is 5.79. The number of nitrogens with two attached hydrogens (primary N) is 1. The third-order valence-electron chi connectivity index (χ3n) is 3.71. The highest BCUT2D eigenvalue weighted by Crippen LogP contribution is 2.23. The monoisotopic (exact) mass is 344 g/mol. The molecule has 6 nitrogen and oxygen atoms in total. The van der Waals surface area contributed by atoms with Crippen molar-refractivity contribution in [3.8, 4) is 11.3 Å². The number of rotatable bonds is 5. The Balaban J connectivity index is 1.68. The van der Waals surface area contributed by atoms with Gasteiger partial charge in [0.1, 0.15) is 11.5 Å². The fraction of sp³-hybridized carbons (Fsp3) is 0.294. The summed E-state index contributed by atoms with van der Waals surface area (Å²) in [5.74, 6) is 1.43. The van der Waals surface area contributed by atoms with E-state index in [0.29, 0.717) is 5.76 Å². The van der Waals surface area contributed by atoms with E-state index in [2.05, 4.69) is 45.8 Å². The zero-order valence-electron chi connectivity index (χ0n) is 13.3. The summed E-state index contributed by atoms with van der Waals surface area (Å²) in [5.41, 5.74) is 10.1. The molecule has 0 spiro atoms. The van der Waals surface area contributed by atoms with Gasteiger partial charge < -0.3 is 14.9 Å². The summed E-state index contributed by atoms with van der Waals surface area (Å²) in [4.78, 5) is 2.39. The molecule has 1 fully saturated rings. The van der Waals surface area contributed by atoms with Gasteiger partial charge in [-0.05, 0) is 36.0 Å². The highest BCUT2D eigenvalue weighted by molar-refractivity contribution is 7.80. The van der Waals surface area contributed by atoms with Crippen LogP contribution >= 0.6 is 12.2 Å². The normalized spacial score (nSPS) is 15.7. The first-order chi connectivity index (χ1) is 11.7. The van der Waals surface area contributed by atoms with Crippen molar-refractivity contribution in [3.05, 3.63) is 47.7 Å². The fourth-order valence-corrected chi connectivity index (χ4v) is 2.63. The van der Waals surface area contributed by atoms with Crippen molar-refractivity contribution < 1.29 is 9.15 Å². The Morgan fingerprint density at radius 3 is 2.92 bits per heavy atom. The number of hydrogen-bond donors (Lipinski definition) is 2. The van der Waals surface area contributed by atoms with Crippen molar-refractivity contribution in [1.82, 2.24) is 10.3 Å². The van der Waals surface area contributed by atoms with Crippen molar-refractivity contribution in [2.24, 2.45) is 10.8 Å². The van der Waals surface area contributed by atoms with Gasteiger partial charge in [0.25, 0.3) is 0 Å². The molecular weight excluding hydrogens is 324 g/mol. The fourth-order valence-electron chi connectivity index (χ4n) is 2.58.